The van der Waals surface area contributed by atoms with Gasteiger partial charge in [0.05, 0.1) is 0 Å². The topological polar surface area (TPSA) is 49.4 Å². The number of anilines is 1. The minimum atomic E-state index is 0.0998. The fourth-order valence-electron chi connectivity index (χ4n) is 3.55. The maximum absolute atomic E-state index is 12.4. The fourth-order valence-corrected chi connectivity index (χ4v) is 3.55. The van der Waals surface area contributed by atoms with Gasteiger partial charge in [-0.15, -0.1) is 0 Å². The van der Waals surface area contributed by atoms with Gasteiger partial charge in [-0.05, 0) is 50.7 Å². The van der Waals surface area contributed by atoms with Gasteiger partial charge >= 0.3 is 0 Å². The molecule has 0 unspecified atom stereocenters. The van der Waals surface area contributed by atoms with E-state index in [0.717, 1.165) is 43.6 Å². The number of allylic oxidation sites excluding steroid dienone is 1. The number of likely N-dealkylation sites (tertiary alicyclic amines) is 1. The first kappa shape index (κ1) is 15.8. The molecule has 1 heterocycles. The highest BCUT2D eigenvalue weighted by molar-refractivity contribution is 5.95. The van der Waals surface area contributed by atoms with Crippen LogP contribution in [0.4, 0.5) is 5.69 Å². The lowest BCUT2D eigenvalue weighted by molar-refractivity contribution is -0.128. The number of benzene rings is 1. The molecule has 1 spiro atoms. The third kappa shape index (κ3) is 3.16. The highest BCUT2D eigenvalue weighted by Crippen LogP contribution is 2.59. The largest absolute Gasteiger partial charge is 0.339 e. The summed E-state index contributed by atoms with van der Waals surface area (Å²) in [6.45, 7) is 5.28. The van der Waals surface area contributed by atoms with E-state index in [2.05, 4.69) is 5.32 Å². The van der Waals surface area contributed by atoms with Crippen LogP contribution in [0.1, 0.15) is 33.1 Å². The molecule has 23 heavy (non-hydrogen) atoms. The zero-order valence-corrected chi connectivity index (χ0v) is 13.8. The number of nitrogens with zero attached hydrogens (tertiary/aromatic N) is 1. The Morgan fingerprint density at radius 1 is 1.22 bits per heavy atom. The third-order valence-electron chi connectivity index (χ3n) is 5.36. The molecule has 1 saturated heterocycles. The van der Waals surface area contributed by atoms with E-state index in [9.17, 15) is 9.59 Å². The normalized spacial score (nSPS) is 22.8. The van der Waals surface area contributed by atoms with Gasteiger partial charge in [0.25, 0.3) is 0 Å². The van der Waals surface area contributed by atoms with Crippen LogP contribution in [0.25, 0.3) is 0 Å². The van der Waals surface area contributed by atoms with E-state index < -0.39 is 0 Å². The Labute approximate surface area is 137 Å². The Balaban J connectivity index is 1.54. The van der Waals surface area contributed by atoms with E-state index in [1.54, 1.807) is 0 Å². The molecule has 3 rings (SSSR count). The predicted octanol–water partition coefficient (Wildman–Crippen LogP) is 3.22. The SMILES string of the molecule is C/C=C(\C)C(=O)N1CCC2(CC1)C[C@H]2C(=O)Nc1ccccc1. The van der Waals surface area contributed by atoms with Crippen LogP contribution < -0.4 is 5.32 Å². The third-order valence-corrected chi connectivity index (χ3v) is 5.36. The summed E-state index contributed by atoms with van der Waals surface area (Å²) in [5, 5.41) is 3.01. The molecular formula is C19H24N2O2. The molecule has 2 fully saturated rings. The van der Waals surface area contributed by atoms with E-state index in [1.807, 2.05) is 55.2 Å². The van der Waals surface area contributed by atoms with Crippen molar-refractivity contribution in [2.75, 3.05) is 18.4 Å². The van der Waals surface area contributed by atoms with Crippen molar-refractivity contribution >= 4 is 17.5 Å². The zero-order valence-electron chi connectivity index (χ0n) is 13.8. The standard InChI is InChI=1S/C19H24N2O2/c1-3-14(2)18(23)21-11-9-19(10-12-21)13-16(19)17(22)20-15-7-5-4-6-8-15/h3-8,16H,9-13H2,1-2H3,(H,20,22)/b14-3+/t16-/m0/s1. The molecule has 122 valence electrons. The van der Waals surface area contributed by atoms with Crippen LogP contribution >= 0.6 is 0 Å². The number of hydrogen-bond donors (Lipinski definition) is 1. The van der Waals surface area contributed by atoms with Crippen molar-refractivity contribution in [3.8, 4) is 0 Å². The molecule has 1 saturated carbocycles. The molecule has 1 aromatic carbocycles. The number of piperidine rings is 1. The van der Waals surface area contributed by atoms with Crippen molar-refractivity contribution in [2.45, 2.75) is 33.1 Å². The summed E-state index contributed by atoms with van der Waals surface area (Å²) < 4.78 is 0. The van der Waals surface area contributed by atoms with Crippen LogP contribution in [0.2, 0.25) is 0 Å². The molecule has 2 aliphatic rings. The average Bonchev–Trinajstić information content (AvgIpc) is 3.29. The lowest BCUT2D eigenvalue weighted by Crippen LogP contribution is -2.40. The maximum atomic E-state index is 12.4. The Hall–Kier alpha value is -2.10. The molecule has 2 amide bonds. The molecule has 1 aromatic rings. The minimum Gasteiger partial charge on any atom is -0.339 e. The quantitative estimate of drug-likeness (QED) is 0.871. The maximum Gasteiger partial charge on any atom is 0.249 e. The second kappa shape index (κ2) is 6.19. The van der Waals surface area contributed by atoms with E-state index in [-0.39, 0.29) is 23.1 Å². The number of amides is 2. The number of rotatable bonds is 3. The average molecular weight is 312 g/mol. The summed E-state index contributed by atoms with van der Waals surface area (Å²) in [5.41, 5.74) is 1.78. The van der Waals surface area contributed by atoms with Crippen molar-refractivity contribution in [3.05, 3.63) is 42.0 Å². The Morgan fingerprint density at radius 2 is 1.87 bits per heavy atom. The molecule has 1 aliphatic heterocycles. The van der Waals surface area contributed by atoms with Crippen LogP contribution in [-0.4, -0.2) is 29.8 Å². The van der Waals surface area contributed by atoms with Gasteiger partial charge in [-0.3, -0.25) is 9.59 Å². The summed E-state index contributed by atoms with van der Waals surface area (Å²) in [6.07, 6.45) is 4.68. The van der Waals surface area contributed by atoms with Crippen LogP contribution in [0, 0.1) is 11.3 Å². The molecule has 1 aliphatic carbocycles. The lowest BCUT2D eigenvalue weighted by atomic mass is 9.90. The fraction of sp³-hybridized carbons (Fsp3) is 0.474. The highest BCUT2D eigenvalue weighted by atomic mass is 16.2. The number of nitrogens with one attached hydrogen (secondary N) is 1. The summed E-state index contributed by atoms with van der Waals surface area (Å²) >= 11 is 0. The van der Waals surface area contributed by atoms with Gasteiger partial charge in [-0.1, -0.05) is 24.3 Å². The minimum absolute atomic E-state index is 0.0998. The van der Waals surface area contributed by atoms with E-state index in [1.165, 1.54) is 0 Å². The smallest absolute Gasteiger partial charge is 0.249 e. The highest BCUT2D eigenvalue weighted by Gasteiger charge is 2.58. The number of para-hydroxylation sites is 1. The molecule has 4 nitrogen and oxygen atoms in total. The van der Waals surface area contributed by atoms with E-state index in [0.29, 0.717) is 0 Å². The van der Waals surface area contributed by atoms with Crippen molar-refractivity contribution in [3.63, 3.8) is 0 Å². The summed E-state index contributed by atoms with van der Waals surface area (Å²) in [6, 6.07) is 9.60. The molecule has 0 bridgehead atoms. The first-order valence-electron chi connectivity index (χ1n) is 8.34. The lowest BCUT2D eigenvalue weighted by Gasteiger charge is -2.33. The van der Waals surface area contributed by atoms with Gasteiger partial charge in [0, 0.05) is 30.3 Å². The first-order valence-corrected chi connectivity index (χ1v) is 8.34. The van der Waals surface area contributed by atoms with E-state index >= 15 is 0 Å². The van der Waals surface area contributed by atoms with Crippen molar-refractivity contribution in [2.24, 2.45) is 11.3 Å². The molecule has 4 heteroatoms. The monoisotopic (exact) mass is 312 g/mol. The predicted molar refractivity (Wildman–Crippen MR) is 90.9 cm³/mol. The number of carbonyl (C=O) groups excluding carboxylic acids is 2. The van der Waals surface area contributed by atoms with Gasteiger partial charge in [0.2, 0.25) is 11.8 Å². The first-order chi connectivity index (χ1) is 11.1. The van der Waals surface area contributed by atoms with Gasteiger partial charge < -0.3 is 10.2 Å². The van der Waals surface area contributed by atoms with Crippen molar-refractivity contribution < 1.29 is 9.59 Å². The second-order valence-electron chi connectivity index (χ2n) is 6.74. The molecule has 0 radical (unpaired) electrons. The Bertz CT molecular complexity index is 628. The zero-order chi connectivity index (χ0) is 16.4. The van der Waals surface area contributed by atoms with Gasteiger partial charge in [0.1, 0.15) is 0 Å². The van der Waals surface area contributed by atoms with Crippen LogP contribution in [-0.2, 0) is 9.59 Å². The van der Waals surface area contributed by atoms with Crippen LogP contribution in [0.3, 0.4) is 0 Å². The summed E-state index contributed by atoms with van der Waals surface area (Å²) in [7, 11) is 0. The Kier molecular flexibility index (Phi) is 4.24. The van der Waals surface area contributed by atoms with E-state index in [4.69, 9.17) is 0 Å². The summed E-state index contributed by atoms with van der Waals surface area (Å²) in [5.74, 6) is 0.358. The van der Waals surface area contributed by atoms with Gasteiger partial charge in [-0.2, -0.15) is 0 Å². The molecule has 1 N–H and O–H groups in total. The van der Waals surface area contributed by atoms with Crippen molar-refractivity contribution in [1.29, 1.82) is 0 Å². The molecule has 1 atom stereocenters. The second-order valence-corrected chi connectivity index (χ2v) is 6.74. The number of carbonyl (C=O) groups is 2. The van der Waals surface area contributed by atoms with Gasteiger partial charge in [0.15, 0.2) is 0 Å². The van der Waals surface area contributed by atoms with Crippen molar-refractivity contribution in [1.82, 2.24) is 4.90 Å². The van der Waals surface area contributed by atoms with Gasteiger partial charge in [-0.25, -0.2) is 0 Å². The van der Waals surface area contributed by atoms with Crippen LogP contribution in [0.15, 0.2) is 42.0 Å². The van der Waals surface area contributed by atoms with Crippen LogP contribution in [0.5, 0.6) is 0 Å². The number of hydrogen-bond acceptors (Lipinski definition) is 2. The molecular weight excluding hydrogens is 288 g/mol. The Morgan fingerprint density at radius 3 is 2.48 bits per heavy atom. The molecule has 0 aromatic heterocycles. The summed E-state index contributed by atoms with van der Waals surface area (Å²) in [4.78, 5) is 26.5.